The number of benzene rings is 3. The molecule has 11 heteroatoms. The lowest BCUT2D eigenvalue weighted by atomic mass is 9.80. The van der Waals surface area contributed by atoms with Gasteiger partial charge in [0, 0.05) is 30.8 Å². The maximum atomic E-state index is 12.9. The minimum atomic E-state index is -1.59. The molecule has 3 N–H and O–H groups in total. The molecule has 0 heterocycles. The quantitative estimate of drug-likeness (QED) is 0.144. The van der Waals surface area contributed by atoms with Crippen molar-refractivity contribution in [1.82, 2.24) is 0 Å². The molecule has 0 atom stereocenters. The number of nitrogens with zero attached hydrogens (tertiary/aromatic N) is 1. The third-order valence-corrected chi connectivity index (χ3v) is 5.95. The molecule has 0 aromatic heterocycles. The van der Waals surface area contributed by atoms with E-state index in [1.807, 2.05) is 11.0 Å². The number of methoxy groups -OCH3 is 1. The first-order chi connectivity index (χ1) is 19.0. The van der Waals surface area contributed by atoms with Crippen LogP contribution in [0.1, 0.15) is 43.0 Å². The van der Waals surface area contributed by atoms with Crippen molar-refractivity contribution in [2.75, 3.05) is 31.8 Å². The van der Waals surface area contributed by atoms with Crippen LogP contribution in [0.25, 0.3) is 0 Å². The van der Waals surface area contributed by atoms with Crippen molar-refractivity contribution in [3.8, 4) is 11.5 Å². The van der Waals surface area contributed by atoms with E-state index < -0.39 is 13.1 Å². The van der Waals surface area contributed by atoms with E-state index >= 15 is 0 Å². The van der Waals surface area contributed by atoms with Crippen molar-refractivity contribution in [3.05, 3.63) is 72.3 Å². The number of hydrogen-bond donors (Lipinski definition) is 3. The molecule has 0 amide bonds. The molecule has 0 saturated carbocycles. The Morgan fingerprint density at radius 1 is 0.872 bits per heavy atom. The molecule has 3 aromatic rings. The molecule has 0 bridgehead atoms. The van der Waals surface area contributed by atoms with Crippen LogP contribution < -0.4 is 19.8 Å². The highest BCUT2D eigenvalue weighted by Crippen LogP contribution is 2.37. The van der Waals surface area contributed by atoms with Gasteiger partial charge in [-0.25, -0.2) is 4.79 Å². The maximum Gasteiger partial charge on any atom is 0.569 e. The highest BCUT2D eigenvalue weighted by Gasteiger charge is 2.20. The Kier molecular flexibility index (Phi) is 12.2. The molecule has 3 rings (SSSR count). The Hall–Kier alpha value is -3.50. The minimum absolute atomic E-state index is 0.222. The first-order valence-corrected chi connectivity index (χ1v) is 12.9. The second-order valence-corrected chi connectivity index (χ2v) is 8.67. The Morgan fingerprint density at radius 3 is 2.08 bits per heavy atom. The van der Waals surface area contributed by atoms with Gasteiger partial charge in [0.2, 0.25) is 0 Å². The van der Waals surface area contributed by atoms with E-state index in [4.69, 9.17) is 23.9 Å². The summed E-state index contributed by atoms with van der Waals surface area (Å²) in [6.07, 6.45) is 3.89. The molecule has 0 spiro atoms. The van der Waals surface area contributed by atoms with Gasteiger partial charge in [-0.05, 0) is 86.2 Å². The number of carbonyl (C=O) groups excluding carboxylic acids is 1. The van der Waals surface area contributed by atoms with Crippen LogP contribution in [-0.4, -0.2) is 62.8 Å². The number of anilines is 3. The molecule has 0 fully saturated rings. The fourth-order valence-electron chi connectivity index (χ4n) is 4.01. The van der Waals surface area contributed by atoms with Crippen molar-refractivity contribution >= 4 is 43.3 Å². The second-order valence-electron chi connectivity index (χ2n) is 8.67. The van der Waals surface area contributed by atoms with Crippen LogP contribution >= 0.6 is 0 Å². The summed E-state index contributed by atoms with van der Waals surface area (Å²) in [5, 5.41) is 28.0. The average molecular weight is 534 g/mol. The predicted octanol–water partition coefficient (Wildman–Crippen LogP) is 3.50. The predicted molar refractivity (Wildman–Crippen MR) is 151 cm³/mol. The van der Waals surface area contributed by atoms with Gasteiger partial charge in [0.1, 0.15) is 17.1 Å². The number of ether oxygens (including phenoxy) is 3. The van der Waals surface area contributed by atoms with E-state index in [1.54, 1.807) is 74.7 Å². The maximum absolute atomic E-state index is 12.9. The monoisotopic (exact) mass is 534 g/mol. The largest absolute Gasteiger partial charge is 0.569 e. The van der Waals surface area contributed by atoms with Crippen LogP contribution in [0, 0.1) is 0 Å². The Labute approximate surface area is 230 Å². The number of unbranched alkanes of at least 4 members (excludes halogenated alkanes) is 3. The molecule has 0 aliphatic rings. The molecule has 205 valence electrons. The lowest BCUT2D eigenvalue weighted by Crippen LogP contribution is -2.29. The van der Waals surface area contributed by atoms with E-state index in [9.17, 15) is 14.8 Å². The zero-order chi connectivity index (χ0) is 28.0. The zero-order valence-corrected chi connectivity index (χ0v) is 22.3. The number of esters is 1. The summed E-state index contributed by atoms with van der Waals surface area (Å²) >= 11 is 0. The van der Waals surface area contributed by atoms with Crippen LogP contribution in [0.3, 0.4) is 0 Å². The SMILES string of the molecule is CCOC(=O)c1cc(N(c2ccc(O[B]O)cc2)c2ccc(B(O)O)cc2)ccc1OCCCCCCOC. The standard InChI is InChI=1S/C28H34B2NO8/c1-3-37-28(32)26-20-24(14-17-27(26)38-19-7-5-4-6-18-36-2)31(22-10-8-21(9-11-22)30(34)35)23-12-15-25(16-13-23)39-29-33/h8-17,20,33-35H,3-7,18-19H2,1-2H3. The highest BCUT2D eigenvalue weighted by atomic mass is 16.5. The molecule has 1 radical (unpaired) electrons. The van der Waals surface area contributed by atoms with E-state index in [0.29, 0.717) is 48.2 Å². The van der Waals surface area contributed by atoms with Crippen LogP contribution in [0.5, 0.6) is 11.5 Å². The third kappa shape index (κ3) is 8.76. The Balaban J connectivity index is 1.94. The molecule has 0 unspecified atom stereocenters. The van der Waals surface area contributed by atoms with Crippen molar-refractivity contribution < 1.29 is 38.7 Å². The Morgan fingerprint density at radius 2 is 1.49 bits per heavy atom. The van der Waals surface area contributed by atoms with Gasteiger partial charge in [-0.15, -0.1) is 0 Å². The third-order valence-electron chi connectivity index (χ3n) is 5.95. The number of hydrogen-bond acceptors (Lipinski definition) is 9. The summed E-state index contributed by atoms with van der Waals surface area (Å²) in [4.78, 5) is 14.8. The van der Waals surface area contributed by atoms with Gasteiger partial charge >= 0.3 is 20.8 Å². The van der Waals surface area contributed by atoms with E-state index in [0.717, 1.165) is 38.0 Å². The molecule has 0 saturated heterocycles. The lowest BCUT2D eigenvalue weighted by Gasteiger charge is -2.26. The summed E-state index contributed by atoms with van der Waals surface area (Å²) in [5.74, 6) is 0.392. The number of rotatable bonds is 16. The molecule has 9 nitrogen and oxygen atoms in total. The van der Waals surface area contributed by atoms with Crippen LogP contribution in [-0.2, 0) is 9.47 Å². The topological polar surface area (TPSA) is 118 Å². The van der Waals surface area contributed by atoms with Gasteiger partial charge in [0.05, 0.1) is 13.2 Å². The first kappa shape index (κ1) is 30.0. The lowest BCUT2D eigenvalue weighted by molar-refractivity contribution is 0.0521. The molecular formula is C28H34B2NO8. The van der Waals surface area contributed by atoms with Crippen LogP contribution in [0.4, 0.5) is 17.1 Å². The van der Waals surface area contributed by atoms with Crippen molar-refractivity contribution in [3.63, 3.8) is 0 Å². The van der Waals surface area contributed by atoms with Crippen LogP contribution in [0.15, 0.2) is 66.7 Å². The summed E-state index contributed by atoms with van der Waals surface area (Å²) in [5.41, 5.74) is 2.75. The van der Waals surface area contributed by atoms with Gasteiger partial charge in [-0.3, -0.25) is 0 Å². The summed E-state index contributed by atoms with van der Waals surface area (Å²) < 4.78 is 21.4. The van der Waals surface area contributed by atoms with Crippen LogP contribution in [0.2, 0.25) is 0 Å². The van der Waals surface area contributed by atoms with Gasteiger partial charge in [-0.1, -0.05) is 18.6 Å². The van der Waals surface area contributed by atoms with Crippen molar-refractivity contribution in [2.45, 2.75) is 32.6 Å². The fraction of sp³-hybridized carbons (Fsp3) is 0.321. The fourth-order valence-corrected chi connectivity index (χ4v) is 4.01. The smallest absolute Gasteiger partial charge is 0.537 e. The average Bonchev–Trinajstić information content (AvgIpc) is 2.94. The molecule has 3 aromatic carbocycles. The summed E-state index contributed by atoms with van der Waals surface area (Å²) in [6, 6.07) is 19.0. The van der Waals surface area contributed by atoms with Gasteiger partial charge in [0.25, 0.3) is 0 Å². The zero-order valence-electron chi connectivity index (χ0n) is 22.3. The molecule has 39 heavy (non-hydrogen) atoms. The van der Waals surface area contributed by atoms with Crippen molar-refractivity contribution in [2.24, 2.45) is 0 Å². The Bertz CT molecular complexity index is 1160. The van der Waals surface area contributed by atoms with Gasteiger partial charge < -0.3 is 38.8 Å². The summed E-state index contributed by atoms with van der Waals surface area (Å²) in [6.45, 7) is 3.18. The van der Waals surface area contributed by atoms with E-state index in [1.165, 1.54) is 0 Å². The highest BCUT2D eigenvalue weighted by molar-refractivity contribution is 6.58. The van der Waals surface area contributed by atoms with Gasteiger partial charge in [0.15, 0.2) is 0 Å². The molecular weight excluding hydrogens is 500 g/mol. The van der Waals surface area contributed by atoms with E-state index in [-0.39, 0.29) is 6.61 Å². The second kappa shape index (κ2) is 15.8. The van der Waals surface area contributed by atoms with Gasteiger partial charge in [-0.2, -0.15) is 0 Å². The summed E-state index contributed by atoms with van der Waals surface area (Å²) in [7, 11) is 0.708. The molecule has 0 aliphatic heterocycles. The normalized spacial score (nSPS) is 10.6. The van der Waals surface area contributed by atoms with Crippen molar-refractivity contribution in [1.29, 1.82) is 0 Å². The number of carbonyl (C=O) groups is 1. The molecule has 0 aliphatic carbocycles. The first-order valence-electron chi connectivity index (χ1n) is 12.9. The minimum Gasteiger partial charge on any atom is -0.537 e. The van der Waals surface area contributed by atoms with E-state index in [2.05, 4.69) is 0 Å².